The number of nitro groups is 1. The molecule has 0 saturated carbocycles. The van der Waals surface area contributed by atoms with E-state index in [1.54, 1.807) is 18.2 Å². The molecule has 1 unspecified atom stereocenters. The quantitative estimate of drug-likeness (QED) is 0.654. The highest BCUT2D eigenvalue weighted by Gasteiger charge is 2.27. The van der Waals surface area contributed by atoms with E-state index in [2.05, 4.69) is 12.2 Å². The number of nitrogens with one attached hydrogen (secondary N) is 1. The van der Waals surface area contributed by atoms with Crippen LogP contribution in [0.1, 0.15) is 25.3 Å². The van der Waals surface area contributed by atoms with Gasteiger partial charge in [-0.05, 0) is 26.3 Å². The maximum Gasteiger partial charge on any atom is 0.272 e. The van der Waals surface area contributed by atoms with E-state index in [1.807, 2.05) is 6.07 Å². The van der Waals surface area contributed by atoms with E-state index < -0.39 is 0 Å². The van der Waals surface area contributed by atoms with Crippen LogP contribution < -0.4 is 5.32 Å². The van der Waals surface area contributed by atoms with E-state index in [4.69, 9.17) is 4.74 Å². The van der Waals surface area contributed by atoms with Gasteiger partial charge in [0.05, 0.1) is 17.1 Å². The summed E-state index contributed by atoms with van der Waals surface area (Å²) in [5.74, 6) is 0. The first-order valence-corrected chi connectivity index (χ1v) is 6.68. The summed E-state index contributed by atoms with van der Waals surface area (Å²) in [6.07, 6.45) is 2.73. The molecule has 0 aromatic heterocycles. The zero-order valence-electron chi connectivity index (χ0n) is 11.2. The van der Waals surface area contributed by atoms with E-state index >= 15 is 0 Å². The van der Waals surface area contributed by atoms with Crippen molar-refractivity contribution in [3.63, 3.8) is 0 Å². The normalized spacial score (nSPS) is 23.2. The second-order valence-corrected chi connectivity index (χ2v) is 5.21. The van der Waals surface area contributed by atoms with Gasteiger partial charge in [0, 0.05) is 24.6 Å². The van der Waals surface area contributed by atoms with Crippen molar-refractivity contribution in [2.75, 3.05) is 19.7 Å². The molecule has 0 amide bonds. The van der Waals surface area contributed by atoms with Crippen LogP contribution in [0.4, 0.5) is 5.69 Å². The highest BCUT2D eigenvalue weighted by atomic mass is 16.6. The Labute approximate surface area is 113 Å². The predicted molar refractivity (Wildman–Crippen MR) is 73.3 cm³/mol. The van der Waals surface area contributed by atoms with Crippen molar-refractivity contribution < 1.29 is 9.66 Å². The van der Waals surface area contributed by atoms with Gasteiger partial charge in [-0.2, -0.15) is 0 Å². The number of para-hydroxylation sites is 1. The predicted octanol–water partition coefficient (Wildman–Crippen LogP) is 2.30. The molecule has 1 aliphatic heterocycles. The molecule has 0 spiro atoms. The van der Waals surface area contributed by atoms with Gasteiger partial charge in [-0.1, -0.05) is 18.2 Å². The van der Waals surface area contributed by atoms with Crippen LogP contribution in [0, 0.1) is 10.1 Å². The zero-order chi connectivity index (χ0) is 13.7. The first kappa shape index (κ1) is 14.0. The van der Waals surface area contributed by atoms with Crippen LogP contribution in [-0.2, 0) is 11.2 Å². The number of ether oxygens (including phenoxy) is 1. The van der Waals surface area contributed by atoms with Crippen molar-refractivity contribution in [3.8, 4) is 0 Å². The van der Waals surface area contributed by atoms with Crippen LogP contribution in [0.15, 0.2) is 24.3 Å². The van der Waals surface area contributed by atoms with E-state index in [-0.39, 0.29) is 16.2 Å². The first-order valence-electron chi connectivity index (χ1n) is 6.68. The van der Waals surface area contributed by atoms with Gasteiger partial charge in [-0.25, -0.2) is 0 Å². The number of nitro benzene ring substituents is 1. The lowest BCUT2D eigenvalue weighted by atomic mass is 9.96. The Kier molecular flexibility index (Phi) is 4.50. The van der Waals surface area contributed by atoms with Gasteiger partial charge in [-0.3, -0.25) is 10.1 Å². The smallest absolute Gasteiger partial charge is 0.272 e. The summed E-state index contributed by atoms with van der Waals surface area (Å²) in [4.78, 5) is 10.6. The van der Waals surface area contributed by atoms with E-state index in [0.29, 0.717) is 13.0 Å². The Balaban J connectivity index is 1.90. The van der Waals surface area contributed by atoms with Crippen molar-refractivity contribution in [3.05, 3.63) is 39.9 Å². The number of hydrogen-bond acceptors (Lipinski definition) is 4. The third kappa shape index (κ3) is 3.75. The molecule has 0 bridgehead atoms. The van der Waals surface area contributed by atoms with Crippen LogP contribution in [0.5, 0.6) is 0 Å². The van der Waals surface area contributed by atoms with Gasteiger partial charge in [0.15, 0.2) is 0 Å². The number of hydrogen-bond donors (Lipinski definition) is 1. The molecule has 5 nitrogen and oxygen atoms in total. The average molecular weight is 264 g/mol. The Morgan fingerprint density at radius 1 is 1.47 bits per heavy atom. The molecule has 5 heteroatoms. The lowest BCUT2D eigenvalue weighted by Crippen LogP contribution is -2.45. The van der Waals surface area contributed by atoms with E-state index in [9.17, 15) is 10.1 Å². The number of piperidine rings is 1. The topological polar surface area (TPSA) is 64.4 Å². The average Bonchev–Trinajstić information content (AvgIpc) is 2.40. The van der Waals surface area contributed by atoms with E-state index in [0.717, 1.165) is 31.5 Å². The summed E-state index contributed by atoms with van der Waals surface area (Å²) >= 11 is 0. The van der Waals surface area contributed by atoms with Crippen LogP contribution in [0.2, 0.25) is 0 Å². The molecular weight excluding hydrogens is 244 g/mol. The molecule has 1 saturated heterocycles. The molecule has 1 atom stereocenters. The molecule has 1 N–H and O–H groups in total. The largest absolute Gasteiger partial charge is 0.374 e. The summed E-state index contributed by atoms with van der Waals surface area (Å²) < 4.78 is 5.92. The summed E-state index contributed by atoms with van der Waals surface area (Å²) in [6, 6.07) is 6.85. The van der Waals surface area contributed by atoms with Crippen molar-refractivity contribution in [1.82, 2.24) is 5.32 Å². The molecular formula is C14H20N2O3. The minimum Gasteiger partial charge on any atom is -0.374 e. The van der Waals surface area contributed by atoms with Gasteiger partial charge in [-0.15, -0.1) is 0 Å². The van der Waals surface area contributed by atoms with Crippen molar-refractivity contribution in [2.45, 2.75) is 31.8 Å². The van der Waals surface area contributed by atoms with Gasteiger partial charge >= 0.3 is 0 Å². The summed E-state index contributed by atoms with van der Waals surface area (Å²) in [6.45, 7) is 4.51. The molecule has 1 heterocycles. The first-order chi connectivity index (χ1) is 9.11. The monoisotopic (exact) mass is 264 g/mol. The Morgan fingerprint density at radius 2 is 2.26 bits per heavy atom. The summed E-state index contributed by atoms with van der Waals surface area (Å²) in [5.41, 5.74) is 0.778. The molecule has 104 valence electrons. The molecule has 1 fully saturated rings. The van der Waals surface area contributed by atoms with Crippen molar-refractivity contribution in [1.29, 1.82) is 0 Å². The Bertz CT molecular complexity index is 442. The highest BCUT2D eigenvalue weighted by Crippen LogP contribution is 2.22. The zero-order valence-corrected chi connectivity index (χ0v) is 11.2. The third-order valence-electron chi connectivity index (χ3n) is 3.57. The molecule has 1 aliphatic rings. The maximum atomic E-state index is 10.9. The fourth-order valence-corrected chi connectivity index (χ4v) is 2.46. The Morgan fingerprint density at radius 3 is 2.95 bits per heavy atom. The summed E-state index contributed by atoms with van der Waals surface area (Å²) in [5, 5.41) is 14.2. The van der Waals surface area contributed by atoms with Crippen LogP contribution in [0.3, 0.4) is 0 Å². The minimum atomic E-state index is -0.334. The van der Waals surface area contributed by atoms with Crippen LogP contribution in [0.25, 0.3) is 0 Å². The number of benzene rings is 1. The maximum absolute atomic E-state index is 10.9. The minimum absolute atomic E-state index is 0.137. The van der Waals surface area contributed by atoms with Gasteiger partial charge < -0.3 is 10.1 Å². The molecule has 19 heavy (non-hydrogen) atoms. The van der Waals surface area contributed by atoms with Crippen molar-refractivity contribution in [2.24, 2.45) is 0 Å². The van der Waals surface area contributed by atoms with Gasteiger partial charge in [0.2, 0.25) is 0 Å². The number of rotatable bonds is 5. The molecule has 0 radical (unpaired) electrons. The second kappa shape index (κ2) is 6.12. The van der Waals surface area contributed by atoms with Gasteiger partial charge in [0.25, 0.3) is 5.69 Å². The second-order valence-electron chi connectivity index (χ2n) is 5.21. The standard InChI is InChI=1S/C14H20N2O3/c1-14(8-4-9-15-11-14)19-10-7-12-5-2-3-6-13(12)16(17)18/h2-3,5-6,15H,4,7-11H2,1H3. The van der Waals surface area contributed by atoms with Gasteiger partial charge in [0.1, 0.15) is 0 Å². The van der Waals surface area contributed by atoms with E-state index in [1.165, 1.54) is 0 Å². The summed E-state index contributed by atoms with van der Waals surface area (Å²) in [7, 11) is 0. The van der Waals surface area contributed by atoms with Crippen LogP contribution in [-0.4, -0.2) is 30.2 Å². The third-order valence-corrected chi connectivity index (χ3v) is 3.57. The fourth-order valence-electron chi connectivity index (χ4n) is 2.46. The Hall–Kier alpha value is -1.46. The molecule has 2 rings (SSSR count). The number of nitrogens with zero attached hydrogens (tertiary/aromatic N) is 1. The molecule has 0 aliphatic carbocycles. The molecule has 1 aromatic rings. The van der Waals surface area contributed by atoms with Crippen molar-refractivity contribution >= 4 is 5.69 Å². The van der Waals surface area contributed by atoms with Crippen LogP contribution >= 0.6 is 0 Å². The highest BCUT2D eigenvalue weighted by molar-refractivity contribution is 5.39. The fraction of sp³-hybridized carbons (Fsp3) is 0.571. The SMILES string of the molecule is CC1(OCCc2ccccc2[N+](=O)[O-])CCCNC1. The lowest BCUT2D eigenvalue weighted by molar-refractivity contribution is -0.385. The lowest BCUT2D eigenvalue weighted by Gasteiger charge is -2.34. The molecule has 1 aromatic carbocycles.